The van der Waals surface area contributed by atoms with Crippen LogP contribution in [0.25, 0.3) is 0 Å². The zero-order valence-electron chi connectivity index (χ0n) is 9.25. The maximum Gasteiger partial charge on any atom is 0.303 e. The minimum Gasteiger partial charge on any atom is -0.481 e. The van der Waals surface area contributed by atoms with Crippen molar-refractivity contribution in [1.29, 1.82) is 0 Å². The average Bonchev–Trinajstić information content (AvgIpc) is 2.12. The van der Waals surface area contributed by atoms with Crippen LogP contribution in [0.1, 0.15) is 25.7 Å². The number of aliphatic carboxylic acids is 4. The second kappa shape index (κ2) is 14.8. The molecule has 0 aliphatic heterocycles. The summed E-state index contributed by atoms with van der Waals surface area (Å²) in [7, 11) is 0. The van der Waals surface area contributed by atoms with Crippen molar-refractivity contribution < 1.29 is 50.6 Å². The summed E-state index contributed by atoms with van der Waals surface area (Å²) in [4.78, 5) is 38.6. The normalized spacial score (nSPS) is 7.56. The third-order valence-electron chi connectivity index (χ3n) is 1.11. The van der Waals surface area contributed by atoms with Crippen LogP contribution in [0.4, 0.5) is 0 Å². The Labute approximate surface area is 101 Å². The van der Waals surface area contributed by atoms with Gasteiger partial charge in [0.15, 0.2) is 0 Å². The lowest BCUT2D eigenvalue weighted by molar-refractivity contribution is -0.143. The molecular formula is C8H16O10. The van der Waals surface area contributed by atoms with Crippen LogP contribution in [-0.4, -0.2) is 55.3 Å². The van der Waals surface area contributed by atoms with Crippen LogP contribution in [0.15, 0.2) is 0 Å². The smallest absolute Gasteiger partial charge is 0.303 e. The monoisotopic (exact) mass is 272 g/mol. The molecule has 0 fully saturated rings. The van der Waals surface area contributed by atoms with Crippen LogP contribution in [0, 0.1) is 0 Å². The second-order valence-electron chi connectivity index (χ2n) is 2.57. The Bertz CT molecular complexity index is 215. The van der Waals surface area contributed by atoms with Crippen LogP contribution in [0.3, 0.4) is 0 Å². The van der Waals surface area contributed by atoms with E-state index in [1.54, 1.807) is 0 Å². The number of carbonyl (C=O) groups is 4. The first-order valence-electron chi connectivity index (χ1n) is 4.13. The Morgan fingerprint density at radius 3 is 0.667 bits per heavy atom. The predicted octanol–water partition coefficient (Wildman–Crippen LogP) is -1.78. The van der Waals surface area contributed by atoms with Crippen molar-refractivity contribution >= 4 is 23.9 Å². The molecule has 0 amide bonds. The zero-order valence-corrected chi connectivity index (χ0v) is 9.25. The maximum atomic E-state index is 9.64. The van der Waals surface area contributed by atoms with Gasteiger partial charge >= 0.3 is 23.9 Å². The van der Waals surface area contributed by atoms with Gasteiger partial charge in [0.25, 0.3) is 0 Å². The number of hydrogen-bond donors (Lipinski definition) is 4. The topological polar surface area (TPSA) is 212 Å². The Kier molecular flexibility index (Phi) is 20.4. The highest BCUT2D eigenvalue weighted by molar-refractivity contribution is 5.75. The van der Waals surface area contributed by atoms with Gasteiger partial charge in [0.1, 0.15) is 0 Å². The van der Waals surface area contributed by atoms with Crippen molar-refractivity contribution in [1.82, 2.24) is 0 Å². The zero-order chi connectivity index (χ0) is 13.1. The number of rotatable bonds is 6. The molecule has 0 bridgehead atoms. The predicted molar refractivity (Wildman–Crippen MR) is 56.2 cm³/mol. The van der Waals surface area contributed by atoms with Crippen LogP contribution >= 0.6 is 0 Å². The van der Waals surface area contributed by atoms with E-state index in [4.69, 9.17) is 20.4 Å². The first-order chi connectivity index (χ1) is 7.25. The van der Waals surface area contributed by atoms with Gasteiger partial charge in [0.2, 0.25) is 0 Å². The van der Waals surface area contributed by atoms with Gasteiger partial charge in [-0.15, -0.1) is 0 Å². The van der Waals surface area contributed by atoms with Crippen molar-refractivity contribution in [2.45, 2.75) is 25.7 Å². The van der Waals surface area contributed by atoms with E-state index in [0.717, 1.165) is 0 Å². The van der Waals surface area contributed by atoms with E-state index in [2.05, 4.69) is 0 Å². The van der Waals surface area contributed by atoms with Crippen LogP contribution in [0.2, 0.25) is 0 Å². The van der Waals surface area contributed by atoms with Crippen molar-refractivity contribution in [2.75, 3.05) is 0 Å². The first-order valence-corrected chi connectivity index (χ1v) is 4.13. The molecule has 0 aliphatic rings. The fraction of sp³-hybridized carbons (Fsp3) is 0.500. The molecule has 0 heterocycles. The van der Waals surface area contributed by atoms with Crippen LogP contribution < -0.4 is 0 Å². The highest BCUT2D eigenvalue weighted by atomic mass is 16.4. The molecule has 0 aromatic heterocycles. The number of carboxylic acids is 4. The standard InChI is InChI=1S/2C4H6O4.2H2O/c2*5-3(6)1-2-4(7)8;;/h2*1-2H2,(H,5,6)(H,7,8);2*1H2. The molecule has 0 saturated heterocycles. The molecule has 0 aromatic carbocycles. The molecule has 0 atom stereocenters. The number of carboxylic acid groups (broad SMARTS) is 4. The Morgan fingerprint density at radius 1 is 0.500 bits per heavy atom. The Balaban J connectivity index is -0.0000000980. The molecule has 10 nitrogen and oxygen atoms in total. The summed E-state index contributed by atoms with van der Waals surface area (Å²) in [5.41, 5.74) is 0. The van der Waals surface area contributed by atoms with E-state index in [1.807, 2.05) is 0 Å². The molecule has 0 aliphatic carbocycles. The summed E-state index contributed by atoms with van der Waals surface area (Å²) in [5.74, 6) is -4.31. The van der Waals surface area contributed by atoms with E-state index in [9.17, 15) is 19.2 Å². The maximum absolute atomic E-state index is 9.64. The van der Waals surface area contributed by atoms with Crippen molar-refractivity contribution in [2.24, 2.45) is 0 Å². The van der Waals surface area contributed by atoms with Gasteiger partial charge in [-0.2, -0.15) is 0 Å². The van der Waals surface area contributed by atoms with Crippen LogP contribution in [-0.2, 0) is 19.2 Å². The molecule has 10 heteroatoms. The second-order valence-corrected chi connectivity index (χ2v) is 2.57. The third kappa shape index (κ3) is 37.2. The molecule has 0 unspecified atom stereocenters. The minimum atomic E-state index is -1.08. The average molecular weight is 272 g/mol. The summed E-state index contributed by atoms with van der Waals surface area (Å²) < 4.78 is 0. The number of hydrogen-bond acceptors (Lipinski definition) is 4. The van der Waals surface area contributed by atoms with E-state index in [0.29, 0.717) is 0 Å². The molecule has 8 N–H and O–H groups in total. The summed E-state index contributed by atoms with van der Waals surface area (Å²) >= 11 is 0. The molecule has 0 aromatic rings. The van der Waals surface area contributed by atoms with E-state index in [-0.39, 0.29) is 36.6 Å². The lowest BCUT2D eigenvalue weighted by atomic mass is 10.3. The molecule has 18 heavy (non-hydrogen) atoms. The Morgan fingerprint density at radius 2 is 0.611 bits per heavy atom. The quantitative estimate of drug-likeness (QED) is 0.432. The van der Waals surface area contributed by atoms with Crippen molar-refractivity contribution in [3.8, 4) is 0 Å². The minimum absolute atomic E-state index is 0. The summed E-state index contributed by atoms with van der Waals surface area (Å²) in [6, 6.07) is 0. The highest BCUT2D eigenvalue weighted by Crippen LogP contribution is 1.86. The van der Waals surface area contributed by atoms with Gasteiger partial charge in [0, 0.05) is 0 Å². The van der Waals surface area contributed by atoms with E-state index >= 15 is 0 Å². The Hall–Kier alpha value is -2.20. The molecule has 108 valence electrons. The fourth-order valence-corrected chi connectivity index (χ4v) is 0.428. The van der Waals surface area contributed by atoms with Gasteiger partial charge in [-0.1, -0.05) is 0 Å². The third-order valence-corrected chi connectivity index (χ3v) is 1.11. The molecule has 0 saturated carbocycles. The van der Waals surface area contributed by atoms with E-state index < -0.39 is 23.9 Å². The van der Waals surface area contributed by atoms with Crippen molar-refractivity contribution in [3.05, 3.63) is 0 Å². The lowest BCUT2D eigenvalue weighted by Crippen LogP contribution is -2.00. The lowest BCUT2D eigenvalue weighted by Gasteiger charge is -1.85. The summed E-state index contributed by atoms with van der Waals surface area (Å²) in [5, 5.41) is 31.6. The van der Waals surface area contributed by atoms with Gasteiger partial charge in [-0.05, 0) is 0 Å². The van der Waals surface area contributed by atoms with Gasteiger partial charge in [-0.3, -0.25) is 19.2 Å². The van der Waals surface area contributed by atoms with Gasteiger partial charge in [-0.25, -0.2) is 0 Å². The molecular weight excluding hydrogens is 256 g/mol. The van der Waals surface area contributed by atoms with Crippen molar-refractivity contribution in [3.63, 3.8) is 0 Å². The summed E-state index contributed by atoms with van der Waals surface area (Å²) in [6.45, 7) is 0. The molecule has 0 spiro atoms. The van der Waals surface area contributed by atoms with E-state index in [1.165, 1.54) is 0 Å². The largest absolute Gasteiger partial charge is 0.481 e. The van der Waals surface area contributed by atoms with Gasteiger partial charge in [0.05, 0.1) is 25.7 Å². The molecule has 0 radical (unpaired) electrons. The highest BCUT2D eigenvalue weighted by Gasteiger charge is 2.00. The summed E-state index contributed by atoms with van der Waals surface area (Å²) in [6.07, 6.45) is -1.19. The molecule has 0 rings (SSSR count). The first kappa shape index (κ1) is 24.9. The van der Waals surface area contributed by atoms with Gasteiger partial charge < -0.3 is 31.4 Å². The van der Waals surface area contributed by atoms with Crippen LogP contribution in [0.5, 0.6) is 0 Å². The fourth-order valence-electron chi connectivity index (χ4n) is 0.428. The SMILES string of the molecule is O.O.O=C(O)CCC(=O)O.O=C(O)CCC(=O)O.